The maximum atomic E-state index is 5.99. The van der Waals surface area contributed by atoms with E-state index in [-0.39, 0.29) is 0 Å². The minimum Gasteiger partial charge on any atom is -0.338 e. The number of hydrogen-bond acceptors (Lipinski definition) is 5. The number of thiophene rings is 1. The summed E-state index contributed by atoms with van der Waals surface area (Å²) in [5.41, 5.74) is 0.933. The molecule has 0 saturated heterocycles. The number of hydrogen-bond donors (Lipinski definition) is 0. The topological polar surface area (TPSA) is 42.2 Å². The van der Waals surface area contributed by atoms with Gasteiger partial charge in [-0.3, -0.25) is 4.90 Å². The van der Waals surface area contributed by atoms with E-state index in [1.165, 1.54) is 4.88 Å². The van der Waals surface area contributed by atoms with Crippen molar-refractivity contribution in [3.8, 4) is 11.4 Å². The SMILES string of the molecule is CCN(Cc1nc(-c2cccc(Br)c2)no1)Cc1ccc(Cl)s1. The monoisotopic (exact) mass is 411 g/mol. The van der Waals surface area contributed by atoms with Crippen LogP contribution in [0.2, 0.25) is 4.34 Å². The number of aromatic nitrogens is 2. The lowest BCUT2D eigenvalue weighted by atomic mass is 10.2. The van der Waals surface area contributed by atoms with Crippen LogP contribution in [-0.2, 0) is 13.1 Å². The van der Waals surface area contributed by atoms with Crippen LogP contribution in [0.15, 0.2) is 45.4 Å². The van der Waals surface area contributed by atoms with Crippen molar-refractivity contribution < 1.29 is 4.52 Å². The fourth-order valence-electron chi connectivity index (χ4n) is 2.19. The number of halogens is 2. The molecule has 0 aliphatic rings. The van der Waals surface area contributed by atoms with Crippen LogP contribution in [0.4, 0.5) is 0 Å². The molecule has 7 heteroatoms. The van der Waals surface area contributed by atoms with Gasteiger partial charge < -0.3 is 4.52 Å². The Bertz CT molecular complexity index is 789. The summed E-state index contributed by atoms with van der Waals surface area (Å²) in [4.78, 5) is 7.96. The molecule has 23 heavy (non-hydrogen) atoms. The Morgan fingerprint density at radius 3 is 2.83 bits per heavy atom. The van der Waals surface area contributed by atoms with Crippen molar-refractivity contribution >= 4 is 38.9 Å². The summed E-state index contributed by atoms with van der Waals surface area (Å²) < 4.78 is 7.20. The van der Waals surface area contributed by atoms with Crippen molar-refractivity contribution in [1.82, 2.24) is 15.0 Å². The Balaban J connectivity index is 1.69. The zero-order valence-electron chi connectivity index (χ0n) is 12.5. The molecule has 0 aliphatic carbocycles. The van der Waals surface area contributed by atoms with Crippen molar-refractivity contribution in [1.29, 1.82) is 0 Å². The van der Waals surface area contributed by atoms with E-state index < -0.39 is 0 Å². The number of benzene rings is 1. The van der Waals surface area contributed by atoms with E-state index in [9.17, 15) is 0 Å². The van der Waals surface area contributed by atoms with Crippen molar-refractivity contribution in [3.63, 3.8) is 0 Å². The van der Waals surface area contributed by atoms with Gasteiger partial charge in [0, 0.05) is 21.5 Å². The van der Waals surface area contributed by atoms with Gasteiger partial charge in [-0.15, -0.1) is 11.3 Å². The summed E-state index contributed by atoms with van der Waals surface area (Å²) in [5.74, 6) is 1.22. The van der Waals surface area contributed by atoms with Crippen molar-refractivity contribution in [2.45, 2.75) is 20.0 Å². The second kappa shape index (κ2) is 7.57. The molecule has 0 radical (unpaired) electrons. The fourth-order valence-corrected chi connectivity index (χ4v) is 3.72. The Labute approximate surface area is 152 Å². The van der Waals surface area contributed by atoms with E-state index >= 15 is 0 Å². The maximum Gasteiger partial charge on any atom is 0.241 e. The van der Waals surface area contributed by atoms with Crippen LogP contribution < -0.4 is 0 Å². The highest BCUT2D eigenvalue weighted by molar-refractivity contribution is 9.10. The summed E-state index contributed by atoms with van der Waals surface area (Å²) >= 11 is 11.0. The summed E-state index contributed by atoms with van der Waals surface area (Å²) in [6.45, 7) is 4.44. The highest BCUT2D eigenvalue weighted by Gasteiger charge is 2.13. The third kappa shape index (κ3) is 4.41. The smallest absolute Gasteiger partial charge is 0.241 e. The van der Waals surface area contributed by atoms with E-state index in [4.69, 9.17) is 16.1 Å². The number of nitrogens with zero attached hydrogens (tertiary/aromatic N) is 3. The van der Waals surface area contributed by atoms with E-state index in [1.54, 1.807) is 11.3 Å². The number of rotatable bonds is 6. The first kappa shape index (κ1) is 16.6. The molecular formula is C16H15BrClN3OS. The highest BCUT2D eigenvalue weighted by Crippen LogP contribution is 2.24. The second-order valence-electron chi connectivity index (χ2n) is 5.03. The van der Waals surface area contributed by atoms with Crippen molar-refractivity contribution in [2.75, 3.05) is 6.54 Å². The molecule has 0 amide bonds. The van der Waals surface area contributed by atoms with Crippen LogP contribution in [0.25, 0.3) is 11.4 Å². The molecule has 3 aromatic rings. The van der Waals surface area contributed by atoms with Gasteiger partial charge in [0.2, 0.25) is 11.7 Å². The van der Waals surface area contributed by atoms with E-state index in [2.05, 4.69) is 44.0 Å². The van der Waals surface area contributed by atoms with Gasteiger partial charge in [0.1, 0.15) is 0 Å². The quantitative estimate of drug-likeness (QED) is 0.555. The van der Waals surface area contributed by atoms with Gasteiger partial charge in [-0.1, -0.05) is 51.7 Å². The van der Waals surface area contributed by atoms with E-state index in [0.717, 1.165) is 27.5 Å². The minimum atomic E-state index is 0.608. The zero-order valence-corrected chi connectivity index (χ0v) is 15.7. The largest absolute Gasteiger partial charge is 0.338 e. The third-order valence-corrected chi connectivity index (χ3v) is 5.07. The van der Waals surface area contributed by atoms with Gasteiger partial charge in [0.05, 0.1) is 10.9 Å². The summed E-state index contributed by atoms with van der Waals surface area (Å²) in [6, 6.07) is 11.8. The third-order valence-electron chi connectivity index (χ3n) is 3.37. The van der Waals surface area contributed by atoms with Gasteiger partial charge in [0.15, 0.2) is 0 Å². The molecule has 4 nitrogen and oxygen atoms in total. The molecule has 0 saturated carbocycles. The second-order valence-corrected chi connectivity index (χ2v) is 7.75. The van der Waals surface area contributed by atoms with Gasteiger partial charge in [-0.25, -0.2) is 0 Å². The Kier molecular flexibility index (Phi) is 5.48. The fraction of sp³-hybridized carbons (Fsp3) is 0.250. The molecule has 0 N–H and O–H groups in total. The predicted octanol–water partition coefficient (Wildman–Crippen LogP) is 5.24. The molecule has 2 heterocycles. The van der Waals surface area contributed by atoms with E-state index in [1.807, 2.05) is 30.3 Å². The van der Waals surface area contributed by atoms with E-state index in [0.29, 0.717) is 18.3 Å². The Hall–Kier alpha value is -1.21. The van der Waals surface area contributed by atoms with Crippen molar-refractivity contribution in [3.05, 3.63) is 56.0 Å². The minimum absolute atomic E-state index is 0.608. The van der Waals surface area contributed by atoms with Crippen LogP contribution in [0.3, 0.4) is 0 Å². The molecule has 2 aromatic heterocycles. The average molecular weight is 413 g/mol. The molecule has 0 spiro atoms. The first-order valence-electron chi connectivity index (χ1n) is 7.19. The predicted molar refractivity (Wildman–Crippen MR) is 96.6 cm³/mol. The molecule has 0 atom stereocenters. The van der Waals surface area contributed by atoms with Gasteiger partial charge in [-0.2, -0.15) is 4.98 Å². The van der Waals surface area contributed by atoms with Gasteiger partial charge >= 0.3 is 0 Å². The lowest BCUT2D eigenvalue weighted by molar-refractivity contribution is 0.230. The lowest BCUT2D eigenvalue weighted by Gasteiger charge is -2.16. The molecule has 0 aliphatic heterocycles. The first-order chi connectivity index (χ1) is 11.1. The molecule has 3 rings (SSSR count). The molecule has 0 fully saturated rings. The lowest BCUT2D eigenvalue weighted by Crippen LogP contribution is -2.21. The molecule has 0 unspecified atom stereocenters. The van der Waals surface area contributed by atoms with Crippen LogP contribution >= 0.6 is 38.9 Å². The summed E-state index contributed by atoms with van der Waals surface area (Å²) in [7, 11) is 0. The first-order valence-corrected chi connectivity index (χ1v) is 9.18. The van der Waals surface area contributed by atoms with Crippen LogP contribution in [-0.4, -0.2) is 21.6 Å². The molecular weight excluding hydrogens is 398 g/mol. The standard InChI is InChI=1S/C16H15BrClN3OS/c1-2-21(9-13-6-7-14(18)23-13)10-15-19-16(20-22-15)11-4-3-5-12(17)8-11/h3-8H,2,9-10H2,1H3. The molecule has 1 aromatic carbocycles. The van der Waals surface area contributed by atoms with Crippen molar-refractivity contribution in [2.24, 2.45) is 0 Å². The van der Waals surface area contributed by atoms with Gasteiger partial charge in [-0.05, 0) is 30.8 Å². The summed E-state index contributed by atoms with van der Waals surface area (Å²) in [6.07, 6.45) is 0. The Morgan fingerprint density at radius 2 is 2.13 bits per heavy atom. The zero-order chi connectivity index (χ0) is 16.2. The molecule has 120 valence electrons. The highest BCUT2D eigenvalue weighted by atomic mass is 79.9. The molecule has 0 bridgehead atoms. The average Bonchev–Trinajstić information content (AvgIpc) is 3.16. The Morgan fingerprint density at radius 1 is 1.26 bits per heavy atom. The maximum absolute atomic E-state index is 5.99. The van der Waals surface area contributed by atoms with Crippen LogP contribution in [0.5, 0.6) is 0 Å². The van der Waals surface area contributed by atoms with Gasteiger partial charge in [0.25, 0.3) is 0 Å². The van der Waals surface area contributed by atoms with Crippen LogP contribution in [0, 0.1) is 0 Å². The normalized spacial score (nSPS) is 11.3. The van der Waals surface area contributed by atoms with Crippen LogP contribution in [0.1, 0.15) is 17.7 Å². The summed E-state index contributed by atoms with van der Waals surface area (Å²) in [5, 5.41) is 4.07.